The molecule has 21 heavy (non-hydrogen) atoms. The van der Waals surface area contributed by atoms with Crippen molar-refractivity contribution in [3.63, 3.8) is 0 Å². The lowest BCUT2D eigenvalue weighted by atomic mass is 9.77. The molecule has 1 aromatic heterocycles. The number of aliphatic hydroxyl groups is 1. The summed E-state index contributed by atoms with van der Waals surface area (Å²) < 4.78 is 26.9. The van der Waals surface area contributed by atoms with Gasteiger partial charge in [0.1, 0.15) is 0 Å². The van der Waals surface area contributed by atoms with Crippen LogP contribution in [0.15, 0.2) is 11.2 Å². The van der Waals surface area contributed by atoms with Crippen molar-refractivity contribution in [1.82, 2.24) is 14.5 Å². The summed E-state index contributed by atoms with van der Waals surface area (Å²) in [5.41, 5.74) is 0.524. The number of H-pyrrole nitrogens is 1. The minimum atomic E-state index is -3.60. The number of aromatic amines is 1. The third kappa shape index (κ3) is 3.46. The summed E-state index contributed by atoms with van der Waals surface area (Å²) in [4.78, 5) is 0. The summed E-state index contributed by atoms with van der Waals surface area (Å²) in [5, 5.41) is 15.5. The number of sulfonamides is 1. The fourth-order valence-corrected chi connectivity index (χ4v) is 4.53. The Kier molecular flexibility index (Phi) is 4.75. The van der Waals surface area contributed by atoms with Gasteiger partial charge in [0.2, 0.25) is 0 Å². The highest BCUT2D eigenvalue weighted by Crippen LogP contribution is 2.35. The lowest BCUT2D eigenvalue weighted by molar-refractivity contribution is 0.216. The Balaban J connectivity index is 2.19. The molecule has 0 aromatic carbocycles. The van der Waals surface area contributed by atoms with Gasteiger partial charge in [0, 0.05) is 18.7 Å². The van der Waals surface area contributed by atoms with E-state index in [1.54, 1.807) is 0 Å². The van der Waals surface area contributed by atoms with Gasteiger partial charge in [-0.15, -0.1) is 0 Å². The zero-order valence-corrected chi connectivity index (χ0v) is 13.8. The van der Waals surface area contributed by atoms with Crippen molar-refractivity contribution in [1.29, 1.82) is 0 Å². The molecule has 2 rings (SSSR count). The van der Waals surface area contributed by atoms with Gasteiger partial charge in [0.15, 0.2) is 5.03 Å². The number of nitrogens with one attached hydrogen (secondary N) is 1. The molecule has 1 atom stereocenters. The molecular weight excluding hydrogens is 290 g/mol. The van der Waals surface area contributed by atoms with E-state index < -0.39 is 10.0 Å². The summed E-state index contributed by atoms with van der Waals surface area (Å²) in [7, 11) is -3.60. The number of hydrogen-bond acceptors (Lipinski definition) is 4. The van der Waals surface area contributed by atoms with Crippen molar-refractivity contribution < 1.29 is 13.5 Å². The summed E-state index contributed by atoms with van der Waals surface area (Å²) in [6, 6.07) is 0. The van der Waals surface area contributed by atoms with Crippen LogP contribution in [0.5, 0.6) is 0 Å². The van der Waals surface area contributed by atoms with Crippen LogP contribution < -0.4 is 0 Å². The van der Waals surface area contributed by atoms with Gasteiger partial charge >= 0.3 is 0 Å². The molecule has 1 fully saturated rings. The molecule has 0 spiro atoms. The van der Waals surface area contributed by atoms with Crippen LogP contribution in [-0.4, -0.2) is 41.1 Å². The number of aliphatic hydroxyl groups excluding tert-OH is 1. The highest BCUT2D eigenvalue weighted by Gasteiger charge is 2.33. The predicted octanol–water partition coefficient (Wildman–Crippen LogP) is 1.74. The van der Waals surface area contributed by atoms with Crippen LogP contribution in [0.3, 0.4) is 0 Å². The van der Waals surface area contributed by atoms with Gasteiger partial charge in [-0.2, -0.15) is 9.40 Å². The standard InChI is InChI=1S/C14H25N3O3S/c1-14(2,3)12-5-4-7-17(8-6-12)21(19,20)13-11(10-18)9-15-16-13/h9,12,18H,4-8,10H2,1-3H3,(H,15,16). The summed E-state index contributed by atoms with van der Waals surface area (Å²) in [5.74, 6) is 0.525. The Morgan fingerprint density at radius 2 is 2.10 bits per heavy atom. The quantitative estimate of drug-likeness (QED) is 0.889. The minimum absolute atomic E-state index is 0.0270. The van der Waals surface area contributed by atoms with E-state index in [9.17, 15) is 13.5 Å². The van der Waals surface area contributed by atoms with Gasteiger partial charge in [-0.3, -0.25) is 5.10 Å². The topological polar surface area (TPSA) is 86.3 Å². The van der Waals surface area contributed by atoms with Crippen LogP contribution in [0.1, 0.15) is 45.6 Å². The molecular formula is C14H25N3O3S. The van der Waals surface area contributed by atoms with E-state index in [4.69, 9.17) is 0 Å². The van der Waals surface area contributed by atoms with Crippen molar-refractivity contribution in [2.75, 3.05) is 13.1 Å². The highest BCUT2D eigenvalue weighted by molar-refractivity contribution is 7.89. The Hall–Kier alpha value is -0.920. The second-order valence-electron chi connectivity index (χ2n) is 6.78. The smallest absolute Gasteiger partial charge is 0.260 e. The van der Waals surface area contributed by atoms with Gasteiger partial charge in [-0.1, -0.05) is 20.8 Å². The van der Waals surface area contributed by atoms with Crippen molar-refractivity contribution in [2.45, 2.75) is 51.7 Å². The van der Waals surface area contributed by atoms with Crippen LogP contribution in [0.25, 0.3) is 0 Å². The summed E-state index contributed by atoms with van der Waals surface area (Å²) in [6.07, 6.45) is 4.14. The zero-order valence-electron chi connectivity index (χ0n) is 13.0. The Morgan fingerprint density at radius 1 is 1.38 bits per heavy atom. The SMILES string of the molecule is CC(C)(C)C1CCCN(S(=O)(=O)c2[nH]ncc2CO)CC1. The summed E-state index contributed by atoms with van der Waals surface area (Å²) in [6.45, 7) is 7.35. The molecule has 2 N–H and O–H groups in total. The predicted molar refractivity (Wildman–Crippen MR) is 80.1 cm³/mol. The van der Waals surface area contributed by atoms with E-state index >= 15 is 0 Å². The van der Waals surface area contributed by atoms with E-state index in [1.165, 1.54) is 10.5 Å². The molecule has 0 radical (unpaired) electrons. The Morgan fingerprint density at radius 3 is 2.71 bits per heavy atom. The molecule has 6 nitrogen and oxygen atoms in total. The molecule has 0 aliphatic carbocycles. The minimum Gasteiger partial charge on any atom is -0.392 e. The number of aromatic nitrogens is 2. The average Bonchev–Trinajstić information content (AvgIpc) is 2.73. The van der Waals surface area contributed by atoms with Crippen LogP contribution in [-0.2, 0) is 16.6 Å². The molecule has 1 aliphatic heterocycles. The fraction of sp³-hybridized carbons (Fsp3) is 0.786. The van der Waals surface area contributed by atoms with Gasteiger partial charge in [0.05, 0.1) is 12.8 Å². The van der Waals surface area contributed by atoms with Gasteiger partial charge in [0.25, 0.3) is 10.0 Å². The molecule has 0 saturated carbocycles. The van der Waals surface area contributed by atoms with E-state index in [2.05, 4.69) is 31.0 Å². The molecule has 120 valence electrons. The first kappa shape index (κ1) is 16.5. The van der Waals surface area contributed by atoms with Crippen LogP contribution >= 0.6 is 0 Å². The normalized spacial score (nSPS) is 22.2. The van der Waals surface area contributed by atoms with Crippen molar-refractivity contribution in [2.24, 2.45) is 11.3 Å². The average molecular weight is 315 g/mol. The van der Waals surface area contributed by atoms with Crippen LogP contribution in [0.4, 0.5) is 0 Å². The molecule has 7 heteroatoms. The monoisotopic (exact) mass is 315 g/mol. The van der Waals surface area contributed by atoms with Gasteiger partial charge < -0.3 is 5.11 Å². The molecule has 0 amide bonds. The van der Waals surface area contributed by atoms with E-state index in [0.717, 1.165) is 19.3 Å². The second-order valence-corrected chi connectivity index (χ2v) is 8.66. The Bertz CT molecular complexity index is 575. The third-order valence-corrected chi connectivity index (χ3v) is 6.27. The Labute approximate surface area is 126 Å². The van der Waals surface area contributed by atoms with Crippen molar-refractivity contribution in [3.8, 4) is 0 Å². The molecule has 1 unspecified atom stereocenters. The highest BCUT2D eigenvalue weighted by atomic mass is 32.2. The fourth-order valence-electron chi connectivity index (χ4n) is 2.94. The number of rotatable bonds is 3. The lowest BCUT2D eigenvalue weighted by Gasteiger charge is -2.29. The zero-order chi connectivity index (χ0) is 15.7. The summed E-state index contributed by atoms with van der Waals surface area (Å²) >= 11 is 0. The van der Waals surface area contributed by atoms with E-state index in [1.807, 2.05) is 0 Å². The van der Waals surface area contributed by atoms with Gasteiger partial charge in [-0.05, 0) is 30.6 Å². The second kappa shape index (κ2) is 6.06. The third-order valence-electron chi connectivity index (χ3n) is 4.36. The molecule has 1 aliphatic rings. The van der Waals surface area contributed by atoms with Crippen LogP contribution in [0, 0.1) is 11.3 Å². The van der Waals surface area contributed by atoms with E-state index in [-0.39, 0.29) is 17.0 Å². The van der Waals surface area contributed by atoms with Gasteiger partial charge in [-0.25, -0.2) is 8.42 Å². The van der Waals surface area contributed by atoms with Crippen LogP contribution in [0.2, 0.25) is 0 Å². The maximum absolute atomic E-state index is 12.7. The number of hydrogen-bond donors (Lipinski definition) is 2. The first-order valence-electron chi connectivity index (χ1n) is 7.40. The molecule has 1 aromatic rings. The van der Waals surface area contributed by atoms with Crippen molar-refractivity contribution >= 4 is 10.0 Å². The van der Waals surface area contributed by atoms with Crippen molar-refractivity contribution in [3.05, 3.63) is 11.8 Å². The molecule has 0 bridgehead atoms. The maximum atomic E-state index is 12.7. The lowest BCUT2D eigenvalue weighted by Crippen LogP contribution is -2.33. The number of nitrogens with zero attached hydrogens (tertiary/aromatic N) is 2. The van der Waals surface area contributed by atoms with E-state index in [0.29, 0.717) is 24.6 Å². The largest absolute Gasteiger partial charge is 0.392 e. The molecule has 1 saturated heterocycles. The first-order chi connectivity index (χ1) is 9.76. The first-order valence-corrected chi connectivity index (χ1v) is 8.84. The molecule has 2 heterocycles. The maximum Gasteiger partial charge on any atom is 0.260 e.